The van der Waals surface area contributed by atoms with Gasteiger partial charge < -0.3 is 24.8 Å². The number of aryl methyl sites for hydroxylation is 3. The minimum absolute atomic E-state index is 0. The van der Waals surface area contributed by atoms with Crippen molar-refractivity contribution in [2.45, 2.75) is 138 Å². The predicted molar refractivity (Wildman–Crippen MR) is 174 cm³/mol. The number of fused-ring (bicyclic) bond motifs is 3. The normalized spacial score (nSPS) is 15.0. The summed E-state index contributed by atoms with van der Waals surface area (Å²) in [5.74, 6) is 0. The molecule has 0 nitrogen and oxygen atoms in total. The van der Waals surface area contributed by atoms with E-state index in [-0.39, 0.29) is 35.6 Å². The molecule has 3 aromatic carbocycles. The van der Waals surface area contributed by atoms with Gasteiger partial charge in [0.15, 0.2) is 0 Å². The summed E-state index contributed by atoms with van der Waals surface area (Å²) in [6.45, 7) is 27.1. The topological polar surface area (TPSA) is 0 Å². The van der Waals surface area contributed by atoms with E-state index in [1.807, 2.05) is 0 Å². The summed E-state index contributed by atoms with van der Waals surface area (Å²) in [6.07, 6.45) is 8.07. The van der Waals surface area contributed by atoms with Crippen LogP contribution >= 0.6 is 0 Å². The first kappa shape index (κ1) is 39.1. The molecule has 2 aliphatic rings. The van der Waals surface area contributed by atoms with Crippen molar-refractivity contribution in [3.63, 3.8) is 0 Å². The Morgan fingerprint density at radius 1 is 0.810 bits per heavy atom. The van der Waals surface area contributed by atoms with Crippen LogP contribution in [0, 0.1) is 26.8 Å². The van der Waals surface area contributed by atoms with Crippen molar-refractivity contribution in [3.8, 4) is 11.1 Å². The van der Waals surface area contributed by atoms with E-state index < -0.39 is 0 Å². The number of hydrogen-bond donors (Lipinski definition) is 0. The fraction of sp³-hybridized carbons (Fsp3) is 0.538. The number of rotatable bonds is 1. The minimum atomic E-state index is 0. The third-order valence-electron chi connectivity index (χ3n) is 8.64. The third kappa shape index (κ3) is 9.81. The molecule has 0 spiro atoms. The number of halogens is 2. The van der Waals surface area contributed by atoms with Crippen molar-refractivity contribution < 1.29 is 49.0 Å². The Balaban J connectivity index is 0.000000394. The Morgan fingerprint density at radius 3 is 1.81 bits per heavy atom. The van der Waals surface area contributed by atoms with Crippen molar-refractivity contribution in [2.75, 3.05) is 0 Å². The van der Waals surface area contributed by atoms with Gasteiger partial charge in [0.2, 0.25) is 0 Å². The molecule has 42 heavy (non-hydrogen) atoms. The molecule has 0 radical (unpaired) electrons. The predicted octanol–water partition coefficient (Wildman–Crippen LogP) is 4.96. The maximum absolute atomic E-state index is 3.69. The van der Waals surface area contributed by atoms with Crippen LogP contribution in [0.15, 0.2) is 36.4 Å². The van der Waals surface area contributed by atoms with Gasteiger partial charge in [0.05, 0.1) is 0 Å². The number of benzene rings is 2. The van der Waals surface area contributed by atoms with Crippen LogP contribution in [0.25, 0.3) is 11.1 Å². The van der Waals surface area contributed by atoms with Crippen LogP contribution in [0.4, 0.5) is 0 Å². The molecule has 0 bridgehead atoms. The van der Waals surface area contributed by atoms with E-state index in [0.717, 1.165) is 6.42 Å². The Kier molecular flexibility index (Phi) is 14.4. The van der Waals surface area contributed by atoms with E-state index in [0.29, 0.717) is 5.41 Å². The summed E-state index contributed by atoms with van der Waals surface area (Å²) in [4.78, 5) is 0. The van der Waals surface area contributed by atoms with Gasteiger partial charge >= 0.3 is 41.3 Å². The third-order valence-corrected chi connectivity index (χ3v) is 8.64. The summed E-state index contributed by atoms with van der Waals surface area (Å²) < 4.78 is 1.51. The van der Waals surface area contributed by atoms with E-state index in [1.54, 1.807) is 29.8 Å². The van der Waals surface area contributed by atoms with Crippen molar-refractivity contribution in [1.82, 2.24) is 0 Å². The van der Waals surface area contributed by atoms with E-state index in [4.69, 9.17) is 0 Å². The first-order chi connectivity index (χ1) is 18.4. The zero-order valence-electron chi connectivity index (χ0n) is 28.5. The van der Waals surface area contributed by atoms with Crippen molar-refractivity contribution in [1.29, 1.82) is 0 Å². The number of hydrogen-bond acceptors (Lipinski definition) is 0. The molecule has 0 N–H and O–H groups in total. The van der Waals surface area contributed by atoms with Crippen molar-refractivity contribution >= 4 is 3.21 Å². The standard InChI is InChI=1S/C23H29.C13H19.C3H6.2ClH.Zr/c1-14-9-16-11-17-10-15(2)21(23(6,7)8)13-19(17)18(16)12-20(14)22(3,4)5;1-11-6-7-12(10-11)13(2)8-4-3-5-9-13;1-3-2;;;/h9,12-13H,11H2,1-8H3;6-7,10H,3-5,8-9H2,1-2H3;1-2H3;2*1H;/q2*-1;;;;+2/p-2. The summed E-state index contributed by atoms with van der Waals surface area (Å²) in [7, 11) is 0. The molecule has 0 aliphatic heterocycles. The van der Waals surface area contributed by atoms with E-state index in [1.165, 1.54) is 85.4 Å². The molecule has 0 atom stereocenters. The monoisotopic (exact) mass is 682 g/mol. The Bertz CT molecular complexity index is 1270. The maximum Gasteiger partial charge on any atom is -0.0129 e. The Morgan fingerprint density at radius 2 is 1.33 bits per heavy atom. The van der Waals surface area contributed by atoms with Crippen LogP contribution in [0.5, 0.6) is 0 Å². The van der Waals surface area contributed by atoms with E-state index >= 15 is 0 Å². The van der Waals surface area contributed by atoms with Crippen LogP contribution < -0.4 is 24.8 Å². The molecule has 1 saturated carbocycles. The van der Waals surface area contributed by atoms with Gasteiger partial charge in [-0.3, -0.25) is 0 Å². The summed E-state index contributed by atoms with van der Waals surface area (Å²) in [5.41, 5.74) is 15.1. The Labute approximate surface area is 286 Å². The molecule has 0 amide bonds. The summed E-state index contributed by atoms with van der Waals surface area (Å²) in [6, 6.07) is 17.9. The van der Waals surface area contributed by atoms with Crippen molar-refractivity contribution in [3.05, 3.63) is 87.0 Å². The molecule has 0 saturated heterocycles. The second-order valence-corrected chi connectivity index (χ2v) is 17.5. The summed E-state index contributed by atoms with van der Waals surface area (Å²) >= 11 is 1.55. The van der Waals surface area contributed by atoms with Crippen molar-refractivity contribution in [2.24, 2.45) is 0 Å². The zero-order chi connectivity index (χ0) is 30.0. The van der Waals surface area contributed by atoms with Gasteiger partial charge in [-0.25, -0.2) is 6.07 Å². The molecule has 2 aliphatic carbocycles. The van der Waals surface area contributed by atoms with Crippen LogP contribution in [-0.4, -0.2) is 3.21 Å². The average Bonchev–Trinajstić information content (AvgIpc) is 3.40. The second-order valence-electron chi connectivity index (χ2n) is 15.0. The van der Waals surface area contributed by atoms with E-state index in [9.17, 15) is 0 Å². The average molecular weight is 685 g/mol. The van der Waals surface area contributed by atoms with Gasteiger partial charge in [0, 0.05) is 0 Å². The van der Waals surface area contributed by atoms with Gasteiger partial charge in [0.25, 0.3) is 0 Å². The van der Waals surface area contributed by atoms with Gasteiger partial charge in [-0.2, -0.15) is 41.0 Å². The van der Waals surface area contributed by atoms with Crippen LogP contribution in [0.1, 0.15) is 139 Å². The second kappa shape index (κ2) is 15.4. The first-order valence-corrected chi connectivity index (χ1v) is 16.6. The molecular weight excluding hydrogens is 631 g/mol. The SMILES string of the molecule is C[C](C)=[Zr+2].Cc1[c-]c2c(cc1C(C)(C)C)-c1cc(C(C)(C)C)c(C)cc1C2.Cc1cc(C2(C)CCCCC2)c[cH-]1.[Cl-].[Cl-]. The summed E-state index contributed by atoms with van der Waals surface area (Å²) in [5, 5.41) is 0. The molecule has 3 aromatic rings. The van der Waals surface area contributed by atoms with E-state index in [2.05, 4.69) is 126 Å². The van der Waals surface area contributed by atoms with Crippen LogP contribution in [-0.2, 0) is 46.9 Å². The molecule has 0 heterocycles. The minimum Gasteiger partial charge on any atom is -1.00 e. The van der Waals surface area contributed by atoms with Crippen LogP contribution in [0.2, 0.25) is 0 Å². The molecule has 230 valence electrons. The van der Waals surface area contributed by atoms with Gasteiger partial charge in [0.1, 0.15) is 0 Å². The fourth-order valence-electron chi connectivity index (χ4n) is 6.58. The van der Waals surface area contributed by atoms with Crippen LogP contribution in [0.3, 0.4) is 0 Å². The van der Waals surface area contributed by atoms with Gasteiger partial charge in [-0.1, -0.05) is 123 Å². The smallest absolute Gasteiger partial charge is 0.0129 e. The quantitative estimate of drug-likeness (QED) is 0.249. The largest absolute Gasteiger partial charge is 1.00 e. The molecule has 0 unspecified atom stereocenters. The first-order valence-electron chi connectivity index (χ1n) is 15.4. The maximum atomic E-state index is 3.69. The molecule has 0 aromatic heterocycles. The Hall–Kier alpha value is -0.877. The molecule has 5 rings (SSSR count). The van der Waals surface area contributed by atoms with Gasteiger partial charge in [-0.15, -0.1) is 16.7 Å². The molecule has 1 fully saturated rings. The molecule has 3 heteroatoms. The van der Waals surface area contributed by atoms with Gasteiger partial charge in [-0.05, 0) is 35.4 Å². The molecular formula is C39H54Cl2Zr-2. The fourth-order valence-corrected chi connectivity index (χ4v) is 6.58. The zero-order valence-corrected chi connectivity index (χ0v) is 32.4.